The van der Waals surface area contributed by atoms with E-state index in [0.717, 1.165) is 31.8 Å². The number of halogens is 4. The van der Waals surface area contributed by atoms with Crippen molar-refractivity contribution in [3.8, 4) is 0 Å². The maximum atomic E-state index is 14.4. The molecule has 1 fully saturated rings. The number of carbonyl (C=O) groups is 1. The summed E-state index contributed by atoms with van der Waals surface area (Å²) in [6.45, 7) is 4.82. The standard InChI is InChI=1S/C26H28F4N4O2S/c27-22-7-2-1-5-20(22)16-34(15-19-4-3-6-21(14-19)26(28,29)30)17-24-32-23(18-37-24)25(35)31-8-9-33-10-12-36-13-11-33/h1-7,14,18H,8-13,15-17H2,(H,31,35). The number of benzene rings is 2. The second kappa shape index (κ2) is 12.6. The fraction of sp³-hybridized carbons (Fsp3) is 0.385. The van der Waals surface area contributed by atoms with Crippen LogP contribution >= 0.6 is 11.3 Å². The number of ether oxygens (including phenoxy) is 1. The molecule has 2 aromatic carbocycles. The molecule has 11 heteroatoms. The maximum Gasteiger partial charge on any atom is 0.416 e. The minimum absolute atomic E-state index is 0.152. The van der Waals surface area contributed by atoms with Crippen LogP contribution < -0.4 is 5.32 Å². The zero-order chi connectivity index (χ0) is 26.3. The summed E-state index contributed by atoms with van der Waals surface area (Å²) >= 11 is 1.29. The third-order valence-electron chi connectivity index (χ3n) is 5.97. The first-order valence-corrected chi connectivity index (χ1v) is 12.8. The van der Waals surface area contributed by atoms with Crippen LogP contribution in [0, 0.1) is 5.82 Å². The summed E-state index contributed by atoms with van der Waals surface area (Å²) in [4.78, 5) is 21.0. The van der Waals surface area contributed by atoms with Gasteiger partial charge >= 0.3 is 6.18 Å². The Bertz CT molecular complexity index is 1180. The molecule has 0 bridgehead atoms. The highest BCUT2D eigenvalue weighted by Gasteiger charge is 2.30. The monoisotopic (exact) mass is 536 g/mol. The van der Waals surface area contributed by atoms with Gasteiger partial charge < -0.3 is 10.1 Å². The Labute approximate surface area is 216 Å². The van der Waals surface area contributed by atoms with E-state index in [-0.39, 0.29) is 31.2 Å². The second-order valence-corrected chi connectivity index (χ2v) is 9.71. The molecule has 0 atom stereocenters. The van der Waals surface area contributed by atoms with Crippen LogP contribution in [0.3, 0.4) is 0 Å². The molecule has 6 nitrogen and oxygen atoms in total. The molecule has 1 aromatic heterocycles. The topological polar surface area (TPSA) is 57.7 Å². The van der Waals surface area contributed by atoms with Gasteiger partial charge in [0.25, 0.3) is 5.91 Å². The van der Waals surface area contributed by atoms with Gasteiger partial charge in [0.15, 0.2) is 0 Å². The lowest BCUT2D eigenvalue weighted by Gasteiger charge is -2.26. The van der Waals surface area contributed by atoms with Gasteiger partial charge in [0.1, 0.15) is 16.5 Å². The molecular weight excluding hydrogens is 508 g/mol. The van der Waals surface area contributed by atoms with Crippen LogP contribution in [0.15, 0.2) is 53.9 Å². The molecule has 1 aliphatic heterocycles. The molecule has 0 radical (unpaired) electrons. The van der Waals surface area contributed by atoms with E-state index in [1.807, 2.05) is 4.90 Å². The van der Waals surface area contributed by atoms with Gasteiger partial charge in [-0.1, -0.05) is 36.4 Å². The van der Waals surface area contributed by atoms with Crippen LogP contribution in [0.25, 0.3) is 0 Å². The van der Waals surface area contributed by atoms with E-state index in [0.29, 0.717) is 35.9 Å². The van der Waals surface area contributed by atoms with Crippen molar-refractivity contribution in [3.63, 3.8) is 0 Å². The van der Waals surface area contributed by atoms with Gasteiger partial charge in [0.05, 0.1) is 25.3 Å². The van der Waals surface area contributed by atoms with Gasteiger partial charge in [0.2, 0.25) is 0 Å². The summed E-state index contributed by atoms with van der Waals surface area (Å²) in [5, 5.41) is 5.14. The van der Waals surface area contributed by atoms with E-state index < -0.39 is 17.6 Å². The van der Waals surface area contributed by atoms with E-state index in [1.165, 1.54) is 23.5 Å². The Hall–Kier alpha value is -2.86. The zero-order valence-electron chi connectivity index (χ0n) is 20.1. The van der Waals surface area contributed by atoms with E-state index in [2.05, 4.69) is 15.2 Å². The molecule has 0 saturated carbocycles. The lowest BCUT2D eigenvalue weighted by Crippen LogP contribution is -2.41. The molecule has 0 unspecified atom stereocenters. The molecule has 3 aromatic rings. The number of thiazole rings is 1. The SMILES string of the molecule is O=C(NCCN1CCOCC1)c1csc(CN(Cc2cccc(C(F)(F)F)c2)Cc2ccccc2F)n1. The lowest BCUT2D eigenvalue weighted by molar-refractivity contribution is -0.137. The number of aromatic nitrogens is 1. The molecule has 198 valence electrons. The van der Waals surface area contributed by atoms with Crippen molar-refractivity contribution in [2.45, 2.75) is 25.8 Å². The highest BCUT2D eigenvalue weighted by Crippen LogP contribution is 2.30. The van der Waals surface area contributed by atoms with Crippen LogP contribution in [-0.4, -0.2) is 60.1 Å². The Morgan fingerprint density at radius 2 is 1.86 bits per heavy atom. The third kappa shape index (κ3) is 8.06. The Kier molecular flexibility index (Phi) is 9.25. The van der Waals surface area contributed by atoms with Crippen molar-refractivity contribution in [1.82, 2.24) is 20.1 Å². The molecule has 0 aliphatic carbocycles. The van der Waals surface area contributed by atoms with Crippen LogP contribution in [0.4, 0.5) is 17.6 Å². The van der Waals surface area contributed by atoms with Gasteiger partial charge in [-0.2, -0.15) is 13.2 Å². The summed E-state index contributed by atoms with van der Waals surface area (Å²) in [6.07, 6.45) is -4.45. The van der Waals surface area contributed by atoms with Crippen molar-refractivity contribution in [2.24, 2.45) is 0 Å². The summed E-state index contributed by atoms with van der Waals surface area (Å²) < 4.78 is 59.3. The molecule has 1 amide bonds. The number of alkyl halides is 3. The minimum Gasteiger partial charge on any atom is -0.379 e. The van der Waals surface area contributed by atoms with Crippen molar-refractivity contribution in [1.29, 1.82) is 0 Å². The first-order chi connectivity index (χ1) is 17.8. The zero-order valence-corrected chi connectivity index (χ0v) is 21.0. The third-order valence-corrected chi connectivity index (χ3v) is 6.81. The maximum absolute atomic E-state index is 14.4. The largest absolute Gasteiger partial charge is 0.416 e. The Balaban J connectivity index is 1.42. The van der Waals surface area contributed by atoms with E-state index in [9.17, 15) is 22.4 Å². The minimum atomic E-state index is -4.45. The first-order valence-electron chi connectivity index (χ1n) is 11.9. The number of rotatable bonds is 10. The number of morpholine rings is 1. The number of carbonyl (C=O) groups excluding carboxylic acids is 1. The quantitative estimate of drug-likeness (QED) is 0.385. The molecule has 0 spiro atoms. The van der Waals surface area contributed by atoms with Gasteiger partial charge in [-0.3, -0.25) is 14.6 Å². The summed E-state index contributed by atoms with van der Waals surface area (Å²) in [5.74, 6) is -0.676. The number of hydrogen-bond acceptors (Lipinski definition) is 6. The fourth-order valence-electron chi connectivity index (χ4n) is 4.06. The van der Waals surface area contributed by atoms with Gasteiger partial charge in [0, 0.05) is 50.2 Å². The van der Waals surface area contributed by atoms with Crippen LogP contribution in [0.5, 0.6) is 0 Å². The van der Waals surface area contributed by atoms with Gasteiger partial charge in [-0.25, -0.2) is 9.37 Å². The molecule has 1 N–H and O–H groups in total. The predicted molar refractivity (Wildman–Crippen MR) is 133 cm³/mol. The van der Waals surface area contributed by atoms with Crippen LogP contribution in [0.1, 0.15) is 32.2 Å². The van der Waals surface area contributed by atoms with Crippen molar-refractivity contribution >= 4 is 17.2 Å². The van der Waals surface area contributed by atoms with Gasteiger partial charge in [-0.15, -0.1) is 11.3 Å². The van der Waals surface area contributed by atoms with E-state index in [1.54, 1.807) is 29.6 Å². The highest BCUT2D eigenvalue weighted by molar-refractivity contribution is 7.09. The molecule has 2 heterocycles. The predicted octanol–water partition coefficient (Wildman–Crippen LogP) is 4.57. The van der Waals surface area contributed by atoms with E-state index in [4.69, 9.17) is 4.74 Å². The first kappa shape index (κ1) is 27.2. The second-order valence-electron chi connectivity index (χ2n) is 8.77. The Morgan fingerprint density at radius 3 is 2.62 bits per heavy atom. The summed E-state index contributed by atoms with van der Waals surface area (Å²) in [5.41, 5.74) is 0.420. The molecular formula is C26H28F4N4O2S. The average molecular weight is 537 g/mol. The molecule has 1 aliphatic rings. The number of nitrogens with zero attached hydrogens (tertiary/aromatic N) is 3. The molecule has 37 heavy (non-hydrogen) atoms. The number of nitrogens with one attached hydrogen (secondary N) is 1. The van der Waals surface area contributed by atoms with E-state index >= 15 is 0 Å². The fourth-order valence-corrected chi connectivity index (χ4v) is 4.88. The normalized spacial score (nSPS) is 14.7. The van der Waals surface area contributed by atoms with Crippen molar-refractivity contribution in [2.75, 3.05) is 39.4 Å². The van der Waals surface area contributed by atoms with Crippen LogP contribution in [0.2, 0.25) is 0 Å². The van der Waals surface area contributed by atoms with Crippen molar-refractivity contribution in [3.05, 3.63) is 87.1 Å². The van der Waals surface area contributed by atoms with Crippen LogP contribution in [-0.2, 0) is 30.5 Å². The highest BCUT2D eigenvalue weighted by atomic mass is 32.1. The molecule has 1 saturated heterocycles. The van der Waals surface area contributed by atoms with Crippen molar-refractivity contribution < 1.29 is 27.1 Å². The Morgan fingerprint density at radius 1 is 1.08 bits per heavy atom. The van der Waals surface area contributed by atoms with Gasteiger partial charge in [-0.05, 0) is 17.7 Å². The number of amides is 1. The summed E-state index contributed by atoms with van der Waals surface area (Å²) in [7, 11) is 0. The smallest absolute Gasteiger partial charge is 0.379 e. The number of hydrogen-bond donors (Lipinski definition) is 1. The average Bonchev–Trinajstić information content (AvgIpc) is 3.34. The molecule has 4 rings (SSSR count). The lowest BCUT2D eigenvalue weighted by atomic mass is 10.1. The summed E-state index contributed by atoms with van der Waals surface area (Å²) in [6, 6.07) is 11.4.